The molecule has 0 aliphatic heterocycles. The van der Waals surface area contributed by atoms with E-state index in [4.69, 9.17) is 15.0 Å². The van der Waals surface area contributed by atoms with Crippen LogP contribution in [0.4, 0.5) is 11.8 Å². The largest absolute Gasteiger partial charge is 0.497 e. The SMILES string of the molecule is COc1ccc(CNc2nc(-c3nonc3N)no2)cc1. The Hall–Kier alpha value is -3.10. The normalized spacial score (nSPS) is 10.5. The zero-order valence-electron chi connectivity index (χ0n) is 11.1. The average Bonchev–Trinajstić information content (AvgIpc) is 3.14. The maximum atomic E-state index is 5.55. The Bertz CT molecular complexity index is 721. The maximum Gasteiger partial charge on any atom is 0.322 e. The molecule has 108 valence electrons. The number of aromatic nitrogens is 4. The summed E-state index contributed by atoms with van der Waals surface area (Å²) >= 11 is 0. The average molecular weight is 288 g/mol. The Kier molecular flexibility index (Phi) is 3.37. The summed E-state index contributed by atoms with van der Waals surface area (Å²) in [5.41, 5.74) is 6.84. The minimum atomic E-state index is 0.109. The fourth-order valence-electron chi connectivity index (χ4n) is 1.66. The second kappa shape index (κ2) is 5.49. The molecule has 21 heavy (non-hydrogen) atoms. The predicted molar refractivity (Wildman–Crippen MR) is 72.3 cm³/mol. The lowest BCUT2D eigenvalue weighted by atomic mass is 10.2. The van der Waals surface area contributed by atoms with Gasteiger partial charge < -0.3 is 20.3 Å². The van der Waals surface area contributed by atoms with Crippen molar-refractivity contribution in [3.63, 3.8) is 0 Å². The Balaban J connectivity index is 1.66. The highest BCUT2D eigenvalue weighted by Crippen LogP contribution is 2.20. The van der Waals surface area contributed by atoms with Crippen LogP contribution in [0.2, 0.25) is 0 Å². The molecule has 3 rings (SSSR count). The van der Waals surface area contributed by atoms with Crippen LogP contribution in [0.25, 0.3) is 11.5 Å². The molecule has 0 bridgehead atoms. The molecular weight excluding hydrogens is 276 g/mol. The molecule has 0 unspecified atom stereocenters. The van der Waals surface area contributed by atoms with Gasteiger partial charge in [-0.25, -0.2) is 4.63 Å². The molecule has 0 spiro atoms. The number of anilines is 2. The summed E-state index contributed by atoms with van der Waals surface area (Å²) in [6.07, 6.45) is 0. The van der Waals surface area contributed by atoms with Crippen molar-refractivity contribution in [3.05, 3.63) is 29.8 Å². The predicted octanol–water partition coefficient (Wildman–Crippen LogP) is 1.32. The molecule has 0 radical (unpaired) electrons. The fourth-order valence-corrected chi connectivity index (χ4v) is 1.66. The number of nitrogen functional groups attached to an aromatic ring is 1. The summed E-state index contributed by atoms with van der Waals surface area (Å²) in [5, 5.41) is 13.8. The number of methoxy groups -OCH3 is 1. The van der Waals surface area contributed by atoms with E-state index in [1.165, 1.54) is 0 Å². The van der Waals surface area contributed by atoms with E-state index in [1.54, 1.807) is 7.11 Å². The van der Waals surface area contributed by atoms with Gasteiger partial charge in [0.05, 0.1) is 7.11 Å². The van der Waals surface area contributed by atoms with Gasteiger partial charge in [0, 0.05) is 6.54 Å². The first-order valence-corrected chi connectivity index (χ1v) is 6.05. The first-order valence-electron chi connectivity index (χ1n) is 6.05. The second-order valence-corrected chi connectivity index (χ2v) is 4.12. The third-order valence-corrected chi connectivity index (χ3v) is 2.75. The Morgan fingerprint density at radius 2 is 2.00 bits per heavy atom. The van der Waals surface area contributed by atoms with E-state index in [9.17, 15) is 0 Å². The van der Waals surface area contributed by atoms with Gasteiger partial charge in [-0.05, 0) is 28.0 Å². The molecule has 9 nitrogen and oxygen atoms in total. The third kappa shape index (κ3) is 2.76. The zero-order chi connectivity index (χ0) is 14.7. The lowest BCUT2D eigenvalue weighted by Crippen LogP contribution is -1.99. The van der Waals surface area contributed by atoms with E-state index in [0.29, 0.717) is 6.54 Å². The number of nitrogens with one attached hydrogen (secondary N) is 1. The molecule has 2 heterocycles. The fraction of sp³-hybridized carbons (Fsp3) is 0.167. The molecule has 0 fully saturated rings. The minimum Gasteiger partial charge on any atom is -0.497 e. The smallest absolute Gasteiger partial charge is 0.322 e. The molecule has 3 aromatic rings. The molecule has 0 saturated carbocycles. The van der Waals surface area contributed by atoms with Gasteiger partial charge in [0.1, 0.15) is 5.75 Å². The highest BCUT2D eigenvalue weighted by molar-refractivity contribution is 5.62. The second-order valence-electron chi connectivity index (χ2n) is 4.12. The minimum absolute atomic E-state index is 0.109. The van der Waals surface area contributed by atoms with Crippen molar-refractivity contribution in [1.29, 1.82) is 0 Å². The van der Waals surface area contributed by atoms with Crippen LogP contribution in [0.1, 0.15) is 5.56 Å². The van der Waals surface area contributed by atoms with Crippen LogP contribution in [0.15, 0.2) is 33.4 Å². The first kappa shape index (κ1) is 12.9. The van der Waals surface area contributed by atoms with Crippen molar-refractivity contribution in [1.82, 2.24) is 20.5 Å². The molecule has 2 aromatic heterocycles. The maximum absolute atomic E-state index is 5.55. The van der Waals surface area contributed by atoms with E-state index in [1.807, 2.05) is 24.3 Å². The number of nitrogens with zero attached hydrogens (tertiary/aromatic N) is 4. The van der Waals surface area contributed by atoms with E-state index in [0.717, 1.165) is 11.3 Å². The van der Waals surface area contributed by atoms with Crippen LogP contribution < -0.4 is 15.8 Å². The van der Waals surface area contributed by atoms with Crippen LogP contribution >= 0.6 is 0 Å². The van der Waals surface area contributed by atoms with E-state index >= 15 is 0 Å². The van der Waals surface area contributed by atoms with E-state index < -0.39 is 0 Å². The first-order chi connectivity index (χ1) is 10.3. The van der Waals surface area contributed by atoms with E-state index in [2.05, 4.69) is 30.4 Å². The Labute approximate surface area is 119 Å². The Morgan fingerprint density at radius 1 is 1.19 bits per heavy atom. The molecule has 0 aliphatic rings. The van der Waals surface area contributed by atoms with Gasteiger partial charge in [0.2, 0.25) is 5.82 Å². The molecule has 9 heteroatoms. The van der Waals surface area contributed by atoms with Gasteiger partial charge in [0.15, 0.2) is 11.5 Å². The van der Waals surface area contributed by atoms with Gasteiger partial charge in [-0.3, -0.25) is 0 Å². The molecular formula is C12H12N6O3. The molecule has 0 atom stereocenters. The van der Waals surface area contributed by atoms with Crippen LogP contribution in [-0.4, -0.2) is 27.6 Å². The summed E-state index contributed by atoms with van der Waals surface area (Å²) in [6.45, 7) is 0.526. The number of nitrogens with two attached hydrogens (primary N) is 1. The summed E-state index contributed by atoms with van der Waals surface area (Å²) in [7, 11) is 1.62. The lowest BCUT2D eigenvalue weighted by molar-refractivity contribution is 0.310. The molecule has 1 aromatic carbocycles. The number of benzene rings is 1. The van der Waals surface area contributed by atoms with Crippen molar-refractivity contribution >= 4 is 11.8 Å². The van der Waals surface area contributed by atoms with Crippen LogP contribution in [0.5, 0.6) is 5.75 Å². The summed E-state index contributed by atoms with van der Waals surface area (Å²) in [6, 6.07) is 7.87. The van der Waals surface area contributed by atoms with Gasteiger partial charge in [-0.2, -0.15) is 4.98 Å². The van der Waals surface area contributed by atoms with Crippen molar-refractivity contribution in [2.75, 3.05) is 18.2 Å². The number of ether oxygens (including phenoxy) is 1. The van der Waals surface area contributed by atoms with Crippen molar-refractivity contribution in [2.24, 2.45) is 0 Å². The standard InChI is InChI=1S/C12H12N6O3/c1-19-8-4-2-7(3-5-8)6-14-12-15-11(18-20-12)9-10(13)17-21-16-9/h2-5H,6H2,1H3,(H2,13,17)(H,14,15,18). The van der Waals surface area contributed by atoms with Gasteiger partial charge in [-0.1, -0.05) is 17.3 Å². The van der Waals surface area contributed by atoms with Crippen LogP contribution in [0.3, 0.4) is 0 Å². The van der Waals surface area contributed by atoms with Gasteiger partial charge in [0.25, 0.3) is 0 Å². The monoisotopic (exact) mass is 288 g/mol. The summed E-state index contributed by atoms with van der Waals surface area (Å²) in [5.74, 6) is 1.12. The molecule has 0 amide bonds. The van der Waals surface area contributed by atoms with Crippen LogP contribution in [-0.2, 0) is 6.54 Å². The summed E-state index contributed by atoms with van der Waals surface area (Å²) < 4.78 is 14.6. The third-order valence-electron chi connectivity index (χ3n) is 2.75. The quantitative estimate of drug-likeness (QED) is 0.714. The lowest BCUT2D eigenvalue weighted by Gasteiger charge is -2.03. The summed E-state index contributed by atoms with van der Waals surface area (Å²) in [4.78, 5) is 4.11. The molecule has 0 aliphatic carbocycles. The highest BCUT2D eigenvalue weighted by Gasteiger charge is 2.16. The number of hydrogen-bond donors (Lipinski definition) is 2. The molecule has 3 N–H and O–H groups in total. The van der Waals surface area contributed by atoms with Crippen LogP contribution in [0, 0.1) is 0 Å². The van der Waals surface area contributed by atoms with Crippen molar-refractivity contribution in [2.45, 2.75) is 6.54 Å². The highest BCUT2D eigenvalue weighted by atomic mass is 16.6. The zero-order valence-corrected chi connectivity index (χ0v) is 11.1. The van der Waals surface area contributed by atoms with Gasteiger partial charge in [-0.15, -0.1) is 0 Å². The van der Waals surface area contributed by atoms with E-state index in [-0.39, 0.29) is 23.4 Å². The number of rotatable bonds is 5. The number of hydrogen-bond acceptors (Lipinski definition) is 9. The van der Waals surface area contributed by atoms with Crippen molar-refractivity contribution < 1.29 is 13.9 Å². The Morgan fingerprint density at radius 3 is 2.67 bits per heavy atom. The molecule has 0 saturated heterocycles. The van der Waals surface area contributed by atoms with Crippen molar-refractivity contribution in [3.8, 4) is 17.3 Å². The topological polar surface area (TPSA) is 125 Å². The van der Waals surface area contributed by atoms with Gasteiger partial charge >= 0.3 is 6.01 Å².